The molecule has 0 radical (unpaired) electrons. The number of hydrogen-bond acceptors (Lipinski definition) is 3. The van der Waals surface area contributed by atoms with Crippen molar-refractivity contribution in [2.45, 2.75) is 26.0 Å². The third-order valence-electron chi connectivity index (χ3n) is 4.21. The van der Waals surface area contributed by atoms with Gasteiger partial charge in [0.05, 0.1) is 12.6 Å². The summed E-state index contributed by atoms with van der Waals surface area (Å²) >= 11 is 12.1. The molecule has 0 saturated heterocycles. The first-order chi connectivity index (χ1) is 12.9. The summed E-state index contributed by atoms with van der Waals surface area (Å²) in [7, 11) is 0. The first kappa shape index (κ1) is 19.7. The molecule has 144 valence electrons. The standard InChI is InChI=1S/C19H20Cl2FN3O2/c1-11(16-3-2-14(20)8-17(16)21)25-19(23)24-5-4-12-6-15(22)7-13-9-26-10-27-18(12)13/h2-3,6-8,11H,4-5,9-10H2,1H3,(H3,23,24,25). The van der Waals surface area contributed by atoms with E-state index < -0.39 is 0 Å². The summed E-state index contributed by atoms with van der Waals surface area (Å²) < 4.78 is 24.4. The molecule has 0 amide bonds. The Bertz CT molecular complexity index is 861. The summed E-state index contributed by atoms with van der Waals surface area (Å²) in [6.45, 7) is 2.82. The van der Waals surface area contributed by atoms with Crippen LogP contribution in [0.2, 0.25) is 10.0 Å². The molecule has 0 fully saturated rings. The van der Waals surface area contributed by atoms with Gasteiger partial charge >= 0.3 is 0 Å². The number of ether oxygens (including phenoxy) is 2. The molecule has 2 aromatic rings. The van der Waals surface area contributed by atoms with Crippen LogP contribution in [0.5, 0.6) is 5.75 Å². The Kier molecular flexibility index (Phi) is 6.42. The second-order valence-corrected chi connectivity index (χ2v) is 7.06. The number of nitrogens with two attached hydrogens (primary N) is 1. The average molecular weight is 412 g/mol. The highest BCUT2D eigenvalue weighted by molar-refractivity contribution is 6.35. The van der Waals surface area contributed by atoms with Gasteiger partial charge in [0.2, 0.25) is 0 Å². The highest BCUT2D eigenvalue weighted by Gasteiger charge is 2.17. The molecule has 1 unspecified atom stereocenters. The zero-order valence-electron chi connectivity index (χ0n) is 14.8. The van der Waals surface area contributed by atoms with Gasteiger partial charge in [-0.05, 0) is 48.7 Å². The molecule has 0 aromatic heterocycles. The second kappa shape index (κ2) is 8.78. The molecule has 3 N–H and O–H groups in total. The summed E-state index contributed by atoms with van der Waals surface area (Å²) in [6.07, 6.45) is 0.499. The number of benzene rings is 2. The SMILES string of the molecule is CC(NC(N)=NCCc1cc(F)cc2c1OCOC2)c1ccc(Cl)cc1Cl. The van der Waals surface area contributed by atoms with Crippen LogP contribution in [-0.4, -0.2) is 19.3 Å². The number of nitrogens with zero attached hydrogens (tertiary/aromatic N) is 1. The lowest BCUT2D eigenvalue weighted by Gasteiger charge is -2.20. The maximum Gasteiger partial charge on any atom is 0.189 e. The lowest BCUT2D eigenvalue weighted by molar-refractivity contribution is -0.0172. The first-order valence-corrected chi connectivity index (χ1v) is 9.23. The number of guanidine groups is 1. The Morgan fingerprint density at radius 1 is 1.33 bits per heavy atom. The molecule has 0 saturated carbocycles. The third kappa shape index (κ3) is 5.03. The monoisotopic (exact) mass is 411 g/mol. The number of rotatable bonds is 5. The predicted molar refractivity (Wildman–Crippen MR) is 105 cm³/mol. The van der Waals surface area contributed by atoms with Gasteiger partial charge < -0.3 is 20.5 Å². The van der Waals surface area contributed by atoms with Crippen LogP contribution in [0, 0.1) is 5.82 Å². The summed E-state index contributed by atoms with van der Waals surface area (Å²) in [6, 6.07) is 8.04. The van der Waals surface area contributed by atoms with E-state index in [2.05, 4.69) is 10.3 Å². The van der Waals surface area contributed by atoms with Crippen molar-refractivity contribution in [2.24, 2.45) is 10.7 Å². The zero-order chi connectivity index (χ0) is 19.4. The minimum Gasteiger partial charge on any atom is -0.467 e. The quantitative estimate of drug-likeness (QED) is 0.571. The van der Waals surface area contributed by atoms with Crippen LogP contribution in [0.1, 0.15) is 29.7 Å². The van der Waals surface area contributed by atoms with Gasteiger partial charge in [-0.25, -0.2) is 4.39 Å². The van der Waals surface area contributed by atoms with E-state index in [9.17, 15) is 4.39 Å². The molecule has 27 heavy (non-hydrogen) atoms. The molecule has 0 spiro atoms. The number of aliphatic imine (C=N–C) groups is 1. The molecular weight excluding hydrogens is 392 g/mol. The van der Waals surface area contributed by atoms with Crippen molar-refractivity contribution in [1.82, 2.24) is 5.32 Å². The van der Waals surface area contributed by atoms with E-state index in [1.807, 2.05) is 13.0 Å². The van der Waals surface area contributed by atoms with Gasteiger partial charge in [-0.1, -0.05) is 29.3 Å². The number of halogens is 3. The average Bonchev–Trinajstić information content (AvgIpc) is 2.61. The van der Waals surface area contributed by atoms with Crippen molar-refractivity contribution in [2.75, 3.05) is 13.3 Å². The highest BCUT2D eigenvalue weighted by Crippen LogP contribution is 2.30. The van der Waals surface area contributed by atoms with Crippen molar-refractivity contribution in [3.63, 3.8) is 0 Å². The molecule has 1 atom stereocenters. The normalized spacial score (nSPS) is 15.0. The predicted octanol–water partition coefficient (Wildman–Crippen LogP) is 4.21. The van der Waals surface area contributed by atoms with Crippen LogP contribution in [0.15, 0.2) is 35.3 Å². The maximum atomic E-state index is 13.8. The van der Waals surface area contributed by atoms with Gasteiger partial charge in [0.25, 0.3) is 0 Å². The minimum absolute atomic E-state index is 0.138. The first-order valence-electron chi connectivity index (χ1n) is 8.47. The second-order valence-electron chi connectivity index (χ2n) is 6.21. The largest absolute Gasteiger partial charge is 0.467 e. The van der Waals surface area contributed by atoms with Gasteiger partial charge in [0.15, 0.2) is 12.8 Å². The zero-order valence-corrected chi connectivity index (χ0v) is 16.3. The molecule has 1 aliphatic rings. The van der Waals surface area contributed by atoms with E-state index in [0.717, 1.165) is 11.1 Å². The van der Waals surface area contributed by atoms with Gasteiger partial charge in [-0.15, -0.1) is 0 Å². The van der Waals surface area contributed by atoms with Crippen LogP contribution in [0.3, 0.4) is 0 Å². The molecule has 1 aliphatic heterocycles. The van der Waals surface area contributed by atoms with Crippen LogP contribution >= 0.6 is 23.2 Å². The van der Waals surface area contributed by atoms with E-state index in [4.69, 9.17) is 38.4 Å². The molecule has 1 heterocycles. The minimum atomic E-state index is -0.320. The van der Waals surface area contributed by atoms with Gasteiger partial charge in [-0.3, -0.25) is 4.99 Å². The smallest absolute Gasteiger partial charge is 0.189 e. The Labute approximate surface area is 167 Å². The fraction of sp³-hybridized carbons (Fsp3) is 0.316. The van der Waals surface area contributed by atoms with Crippen LogP contribution in [-0.2, 0) is 17.8 Å². The van der Waals surface area contributed by atoms with Crippen LogP contribution in [0.25, 0.3) is 0 Å². The molecule has 3 rings (SSSR count). The highest BCUT2D eigenvalue weighted by atomic mass is 35.5. The molecule has 2 aromatic carbocycles. The Morgan fingerprint density at radius 2 is 2.15 bits per heavy atom. The van der Waals surface area contributed by atoms with Gasteiger partial charge in [0.1, 0.15) is 11.6 Å². The van der Waals surface area contributed by atoms with E-state index in [-0.39, 0.29) is 24.6 Å². The van der Waals surface area contributed by atoms with Crippen molar-refractivity contribution in [3.05, 3.63) is 62.9 Å². The lowest BCUT2D eigenvalue weighted by Crippen LogP contribution is -2.34. The summed E-state index contributed by atoms with van der Waals surface area (Å²) in [4.78, 5) is 4.32. The van der Waals surface area contributed by atoms with E-state index in [0.29, 0.717) is 40.9 Å². The van der Waals surface area contributed by atoms with Crippen molar-refractivity contribution in [3.8, 4) is 5.75 Å². The molecule has 8 heteroatoms. The van der Waals surface area contributed by atoms with Gasteiger partial charge in [0, 0.05) is 22.2 Å². The number of nitrogens with one attached hydrogen (secondary N) is 1. The summed E-state index contributed by atoms with van der Waals surface area (Å²) in [5.74, 6) is 0.632. The summed E-state index contributed by atoms with van der Waals surface area (Å²) in [5, 5.41) is 4.22. The molecule has 0 bridgehead atoms. The Balaban J connectivity index is 1.62. The number of hydrogen-bond donors (Lipinski definition) is 2. The van der Waals surface area contributed by atoms with E-state index >= 15 is 0 Å². The van der Waals surface area contributed by atoms with Crippen LogP contribution < -0.4 is 15.8 Å². The molecular formula is C19H20Cl2FN3O2. The van der Waals surface area contributed by atoms with E-state index in [1.165, 1.54) is 12.1 Å². The van der Waals surface area contributed by atoms with Crippen molar-refractivity contribution in [1.29, 1.82) is 0 Å². The fourth-order valence-electron chi connectivity index (χ4n) is 2.94. The summed E-state index contributed by atoms with van der Waals surface area (Å²) in [5.41, 5.74) is 8.29. The fourth-order valence-corrected chi connectivity index (χ4v) is 3.51. The van der Waals surface area contributed by atoms with Crippen molar-refractivity contribution < 1.29 is 13.9 Å². The Hall–Kier alpha value is -2.02. The Morgan fingerprint density at radius 3 is 2.93 bits per heavy atom. The third-order valence-corrected chi connectivity index (χ3v) is 4.77. The molecule has 5 nitrogen and oxygen atoms in total. The van der Waals surface area contributed by atoms with E-state index in [1.54, 1.807) is 12.1 Å². The van der Waals surface area contributed by atoms with Crippen molar-refractivity contribution >= 4 is 29.2 Å². The van der Waals surface area contributed by atoms with Gasteiger partial charge in [-0.2, -0.15) is 0 Å². The molecule has 0 aliphatic carbocycles. The number of fused-ring (bicyclic) bond motifs is 1. The van der Waals surface area contributed by atoms with Crippen LogP contribution in [0.4, 0.5) is 4.39 Å². The lowest BCUT2D eigenvalue weighted by atomic mass is 10.1. The maximum absolute atomic E-state index is 13.8. The topological polar surface area (TPSA) is 68.9 Å².